The van der Waals surface area contributed by atoms with Crippen molar-refractivity contribution in [3.63, 3.8) is 0 Å². The summed E-state index contributed by atoms with van der Waals surface area (Å²) < 4.78 is 7.11. The third-order valence-corrected chi connectivity index (χ3v) is 8.21. The van der Waals surface area contributed by atoms with Gasteiger partial charge in [0.05, 0.1) is 16.7 Å². The normalized spacial score (nSPS) is 18.9. The van der Waals surface area contributed by atoms with Crippen molar-refractivity contribution in [2.24, 2.45) is 7.05 Å². The monoisotopic (exact) mass is 482 g/mol. The number of fused-ring (bicyclic) bond motifs is 1. The molecule has 0 atom stereocenters. The maximum absolute atomic E-state index is 12.3. The molecule has 3 aromatic rings. The standard InChI is InChI=1S/C27H35ClN4O2/c1-16(2)23-25(20-15-31(4)27(33)24(28)17(20)3)30-22-6-5-21(29-26(22)23)18-7-11-32(12-8-18)19-9-13-34-14-10-19/h5-6,15-16,18-19,30H,7-14H2,1-4H3. The first-order chi connectivity index (χ1) is 16.3. The molecule has 2 aliphatic heterocycles. The third-order valence-electron chi connectivity index (χ3n) is 7.77. The number of aromatic amines is 1. The van der Waals surface area contributed by atoms with Crippen LogP contribution in [-0.2, 0) is 11.8 Å². The molecule has 5 heterocycles. The number of aryl methyl sites for hydroxylation is 1. The van der Waals surface area contributed by atoms with Crippen LogP contribution in [0.2, 0.25) is 5.02 Å². The Morgan fingerprint density at radius 3 is 2.53 bits per heavy atom. The Morgan fingerprint density at radius 2 is 1.85 bits per heavy atom. The lowest BCUT2D eigenvalue weighted by Gasteiger charge is -2.39. The van der Waals surface area contributed by atoms with E-state index < -0.39 is 0 Å². The molecule has 0 radical (unpaired) electrons. The van der Waals surface area contributed by atoms with Gasteiger partial charge in [-0.3, -0.25) is 9.78 Å². The van der Waals surface area contributed by atoms with Crippen LogP contribution in [0, 0.1) is 6.92 Å². The molecule has 7 heteroatoms. The molecule has 0 unspecified atom stereocenters. The van der Waals surface area contributed by atoms with E-state index in [-0.39, 0.29) is 16.5 Å². The van der Waals surface area contributed by atoms with Gasteiger partial charge < -0.3 is 19.2 Å². The van der Waals surface area contributed by atoms with Gasteiger partial charge in [0.15, 0.2) is 0 Å². The van der Waals surface area contributed by atoms with Gasteiger partial charge in [0.25, 0.3) is 5.56 Å². The maximum Gasteiger partial charge on any atom is 0.269 e. The van der Waals surface area contributed by atoms with E-state index in [1.165, 1.54) is 11.3 Å². The molecular formula is C27H35ClN4O2. The summed E-state index contributed by atoms with van der Waals surface area (Å²) in [6.07, 6.45) is 6.51. The van der Waals surface area contributed by atoms with Crippen LogP contribution in [0.1, 0.15) is 68.2 Å². The van der Waals surface area contributed by atoms with E-state index in [0.29, 0.717) is 12.0 Å². The highest BCUT2D eigenvalue weighted by molar-refractivity contribution is 6.31. The van der Waals surface area contributed by atoms with Gasteiger partial charge in [0.1, 0.15) is 5.02 Å². The number of rotatable bonds is 4. The van der Waals surface area contributed by atoms with Crippen LogP contribution in [-0.4, -0.2) is 51.8 Å². The predicted molar refractivity (Wildman–Crippen MR) is 138 cm³/mol. The van der Waals surface area contributed by atoms with Gasteiger partial charge in [-0.05, 0) is 69.3 Å². The number of nitrogens with zero attached hydrogens (tertiary/aromatic N) is 3. The molecule has 2 fully saturated rings. The van der Waals surface area contributed by atoms with Gasteiger partial charge in [-0.1, -0.05) is 25.4 Å². The molecule has 3 aromatic heterocycles. The second kappa shape index (κ2) is 9.48. The highest BCUT2D eigenvalue weighted by atomic mass is 35.5. The average molecular weight is 483 g/mol. The topological polar surface area (TPSA) is 63.2 Å². The lowest BCUT2D eigenvalue weighted by Crippen LogP contribution is -2.43. The van der Waals surface area contributed by atoms with E-state index >= 15 is 0 Å². The zero-order valence-electron chi connectivity index (χ0n) is 20.7. The van der Waals surface area contributed by atoms with Crippen LogP contribution in [0.3, 0.4) is 0 Å². The molecule has 2 aliphatic rings. The van der Waals surface area contributed by atoms with Crippen LogP contribution in [0.4, 0.5) is 0 Å². The minimum atomic E-state index is -0.169. The summed E-state index contributed by atoms with van der Waals surface area (Å²) in [5.74, 6) is 0.768. The van der Waals surface area contributed by atoms with Crippen LogP contribution in [0.15, 0.2) is 23.1 Å². The van der Waals surface area contributed by atoms with E-state index in [1.54, 1.807) is 11.6 Å². The molecular weight excluding hydrogens is 448 g/mol. The van der Waals surface area contributed by atoms with Gasteiger partial charge in [-0.2, -0.15) is 0 Å². The Kier molecular flexibility index (Phi) is 6.58. The van der Waals surface area contributed by atoms with Gasteiger partial charge in [0.2, 0.25) is 0 Å². The van der Waals surface area contributed by atoms with E-state index in [1.807, 2.05) is 13.1 Å². The smallest absolute Gasteiger partial charge is 0.269 e. The van der Waals surface area contributed by atoms with Crippen LogP contribution < -0.4 is 5.56 Å². The molecule has 34 heavy (non-hydrogen) atoms. The summed E-state index contributed by atoms with van der Waals surface area (Å²) in [4.78, 5) is 23.8. The van der Waals surface area contributed by atoms with Crippen molar-refractivity contribution in [3.05, 3.63) is 50.5 Å². The summed E-state index contributed by atoms with van der Waals surface area (Å²) in [6.45, 7) is 10.4. The Morgan fingerprint density at radius 1 is 1.15 bits per heavy atom. The molecule has 0 aliphatic carbocycles. The number of pyridine rings is 2. The zero-order chi connectivity index (χ0) is 24.0. The fraction of sp³-hybridized carbons (Fsp3) is 0.556. The second-order valence-corrected chi connectivity index (χ2v) is 10.6. The number of piperidine rings is 1. The number of hydrogen-bond acceptors (Lipinski definition) is 4. The van der Waals surface area contributed by atoms with E-state index in [0.717, 1.165) is 79.8 Å². The maximum atomic E-state index is 12.3. The minimum absolute atomic E-state index is 0.169. The summed E-state index contributed by atoms with van der Waals surface area (Å²) in [5.41, 5.74) is 7.07. The SMILES string of the molecule is Cc1c(-c2[nH]c3ccc(C4CCN(C5CCOCC5)CC4)nc3c2C(C)C)cn(C)c(=O)c1Cl. The van der Waals surface area contributed by atoms with E-state index in [4.69, 9.17) is 21.3 Å². The highest BCUT2D eigenvalue weighted by Crippen LogP contribution is 2.38. The number of halogens is 1. The van der Waals surface area contributed by atoms with Crippen molar-refractivity contribution >= 4 is 22.6 Å². The number of aromatic nitrogens is 3. The molecule has 0 amide bonds. The third kappa shape index (κ3) is 4.21. The fourth-order valence-corrected chi connectivity index (χ4v) is 5.98. The molecule has 5 rings (SSSR count). The molecule has 0 aromatic carbocycles. The number of likely N-dealkylation sites (tertiary alicyclic amines) is 1. The first-order valence-electron chi connectivity index (χ1n) is 12.6. The Balaban J connectivity index is 1.47. The lowest BCUT2D eigenvalue weighted by molar-refractivity contribution is 0.0250. The van der Waals surface area contributed by atoms with Crippen molar-refractivity contribution in [1.82, 2.24) is 19.4 Å². The number of ether oxygens (including phenoxy) is 1. The molecule has 1 N–H and O–H groups in total. The first-order valence-corrected chi connectivity index (χ1v) is 12.9. The molecule has 0 bridgehead atoms. The molecule has 0 spiro atoms. The average Bonchev–Trinajstić information content (AvgIpc) is 3.24. The predicted octanol–water partition coefficient (Wildman–Crippen LogP) is 5.37. The van der Waals surface area contributed by atoms with Gasteiger partial charge >= 0.3 is 0 Å². The Labute approximate surface area is 206 Å². The molecule has 0 saturated carbocycles. The molecule has 182 valence electrons. The quantitative estimate of drug-likeness (QED) is 0.542. The lowest BCUT2D eigenvalue weighted by atomic mass is 9.91. The second-order valence-electron chi connectivity index (χ2n) is 10.3. The number of H-pyrrole nitrogens is 1. The van der Waals surface area contributed by atoms with Gasteiger partial charge in [-0.15, -0.1) is 0 Å². The zero-order valence-corrected chi connectivity index (χ0v) is 21.4. The van der Waals surface area contributed by atoms with Crippen molar-refractivity contribution in [2.75, 3.05) is 26.3 Å². The van der Waals surface area contributed by atoms with Crippen molar-refractivity contribution in [3.8, 4) is 11.3 Å². The summed E-state index contributed by atoms with van der Waals surface area (Å²) >= 11 is 6.39. The largest absolute Gasteiger partial charge is 0.381 e. The Hall–Kier alpha value is -2.15. The Bertz CT molecular complexity index is 1250. The van der Waals surface area contributed by atoms with Crippen LogP contribution in [0.5, 0.6) is 0 Å². The molecule has 2 saturated heterocycles. The van der Waals surface area contributed by atoms with Crippen molar-refractivity contribution < 1.29 is 4.74 Å². The molecule has 6 nitrogen and oxygen atoms in total. The van der Waals surface area contributed by atoms with Gasteiger partial charge in [-0.25, -0.2) is 0 Å². The van der Waals surface area contributed by atoms with E-state index in [9.17, 15) is 4.79 Å². The first kappa shape index (κ1) is 23.6. The van der Waals surface area contributed by atoms with Crippen LogP contribution >= 0.6 is 11.6 Å². The number of hydrogen-bond donors (Lipinski definition) is 1. The highest BCUT2D eigenvalue weighted by Gasteiger charge is 2.28. The summed E-state index contributed by atoms with van der Waals surface area (Å²) in [5, 5.41) is 0.276. The van der Waals surface area contributed by atoms with Crippen molar-refractivity contribution in [2.45, 2.75) is 64.3 Å². The van der Waals surface area contributed by atoms with Gasteiger partial charge in [0, 0.05) is 55.2 Å². The summed E-state index contributed by atoms with van der Waals surface area (Å²) in [7, 11) is 1.75. The minimum Gasteiger partial charge on any atom is -0.381 e. The van der Waals surface area contributed by atoms with Crippen LogP contribution in [0.25, 0.3) is 22.3 Å². The fourth-order valence-electron chi connectivity index (χ4n) is 5.75. The number of nitrogens with one attached hydrogen (secondary N) is 1. The van der Waals surface area contributed by atoms with Crippen molar-refractivity contribution in [1.29, 1.82) is 0 Å². The summed E-state index contributed by atoms with van der Waals surface area (Å²) in [6, 6.07) is 5.06. The van der Waals surface area contributed by atoms with E-state index in [2.05, 4.69) is 35.9 Å².